The van der Waals surface area contributed by atoms with Crippen molar-refractivity contribution in [3.63, 3.8) is 0 Å². The van der Waals surface area contributed by atoms with Crippen LogP contribution in [0.15, 0.2) is 4.99 Å². The maximum absolute atomic E-state index is 5.92. The van der Waals surface area contributed by atoms with Crippen molar-refractivity contribution in [1.82, 2.24) is 15.5 Å². The van der Waals surface area contributed by atoms with Gasteiger partial charge in [-0.2, -0.15) is 0 Å². The first-order chi connectivity index (χ1) is 10.8. The molecule has 3 atom stereocenters. The van der Waals surface area contributed by atoms with Gasteiger partial charge in [-0.1, -0.05) is 12.8 Å². The van der Waals surface area contributed by atoms with Gasteiger partial charge in [0, 0.05) is 19.1 Å². The largest absolute Gasteiger partial charge is 0.373 e. The standard InChI is InChI=1S/C17H32N4O/c1-3-18-17(20-15-12-14-8-9-16(15)22-14)19-10-11-21(2)13-6-4-5-7-13/h13-16H,3-12H2,1-2H3,(H2,18,19,20). The lowest BCUT2D eigenvalue weighted by Crippen LogP contribution is -2.47. The second-order valence-electron chi connectivity index (χ2n) is 7.04. The van der Waals surface area contributed by atoms with Gasteiger partial charge in [-0.05, 0) is 46.1 Å². The van der Waals surface area contributed by atoms with Gasteiger partial charge in [-0.3, -0.25) is 4.99 Å². The van der Waals surface area contributed by atoms with Crippen LogP contribution >= 0.6 is 0 Å². The van der Waals surface area contributed by atoms with Gasteiger partial charge in [-0.15, -0.1) is 0 Å². The zero-order valence-corrected chi connectivity index (χ0v) is 14.2. The molecule has 0 aromatic rings. The Balaban J connectivity index is 1.45. The van der Waals surface area contributed by atoms with Crippen LogP contribution in [0.1, 0.15) is 51.9 Å². The third kappa shape index (κ3) is 3.93. The van der Waals surface area contributed by atoms with Gasteiger partial charge in [0.25, 0.3) is 0 Å². The molecule has 5 heteroatoms. The zero-order valence-electron chi connectivity index (χ0n) is 14.2. The molecule has 2 saturated heterocycles. The normalized spacial score (nSPS) is 32.1. The summed E-state index contributed by atoms with van der Waals surface area (Å²) >= 11 is 0. The Hall–Kier alpha value is -0.810. The number of fused-ring (bicyclic) bond motifs is 2. The Morgan fingerprint density at radius 3 is 2.68 bits per heavy atom. The van der Waals surface area contributed by atoms with Gasteiger partial charge >= 0.3 is 0 Å². The van der Waals surface area contributed by atoms with Crippen LogP contribution in [0, 0.1) is 0 Å². The van der Waals surface area contributed by atoms with Crippen molar-refractivity contribution < 1.29 is 4.74 Å². The average Bonchev–Trinajstić information content (AvgIpc) is 3.25. The number of guanidine groups is 1. The molecular formula is C17H32N4O. The summed E-state index contributed by atoms with van der Waals surface area (Å²) in [5.74, 6) is 0.962. The molecular weight excluding hydrogens is 276 g/mol. The van der Waals surface area contributed by atoms with E-state index in [-0.39, 0.29) is 0 Å². The van der Waals surface area contributed by atoms with E-state index in [0.717, 1.165) is 38.1 Å². The number of likely N-dealkylation sites (N-methyl/N-ethyl adjacent to an activating group) is 1. The smallest absolute Gasteiger partial charge is 0.191 e. The Morgan fingerprint density at radius 2 is 2.05 bits per heavy atom. The van der Waals surface area contributed by atoms with E-state index in [1.54, 1.807) is 0 Å². The summed E-state index contributed by atoms with van der Waals surface area (Å²) in [5.41, 5.74) is 0. The molecule has 0 radical (unpaired) electrons. The minimum Gasteiger partial charge on any atom is -0.373 e. The van der Waals surface area contributed by atoms with Gasteiger partial charge in [0.05, 0.1) is 24.8 Å². The quantitative estimate of drug-likeness (QED) is 0.580. The lowest BCUT2D eigenvalue weighted by Gasteiger charge is -2.24. The molecule has 1 aliphatic carbocycles. The topological polar surface area (TPSA) is 48.9 Å². The monoisotopic (exact) mass is 308 g/mol. The summed E-state index contributed by atoms with van der Waals surface area (Å²) in [6.45, 7) is 4.95. The summed E-state index contributed by atoms with van der Waals surface area (Å²) in [6.07, 6.45) is 9.97. The van der Waals surface area contributed by atoms with Crippen molar-refractivity contribution in [2.24, 2.45) is 4.99 Å². The molecule has 3 fully saturated rings. The van der Waals surface area contributed by atoms with Crippen molar-refractivity contribution in [1.29, 1.82) is 0 Å². The van der Waals surface area contributed by atoms with Crippen LogP contribution < -0.4 is 10.6 Å². The third-order valence-corrected chi connectivity index (χ3v) is 5.44. The number of nitrogens with zero attached hydrogens (tertiary/aromatic N) is 2. The summed E-state index contributed by atoms with van der Waals surface area (Å²) in [4.78, 5) is 7.26. The SMILES string of the molecule is CCNC(=NCCN(C)C1CCCC1)NC1CC2CCC1O2. The summed E-state index contributed by atoms with van der Waals surface area (Å²) < 4.78 is 5.92. The predicted molar refractivity (Wildman–Crippen MR) is 90.3 cm³/mol. The van der Waals surface area contributed by atoms with Crippen LogP contribution in [0.2, 0.25) is 0 Å². The molecule has 0 amide bonds. The minimum absolute atomic E-state index is 0.398. The van der Waals surface area contributed by atoms with E-state index < -0.39 is 0 Å². The second-order valence-corrected chi connectivity index (χ2v) is 7.04. The summed E-state index contributed by atoms with van der Waals surface area (Å²) in [5, 5.41) is 6.96. The first-order valence-electron chi connectivity index (χ1n) is 9.17. The van der Waals surface area contributed by atoms with Crippen LogP contribution in [-0.2, 0) is 4.74 Å². The number of ether oxygens (including phenoxy) is 1. The van der Waals surface area contributed by atoms with Crippen molar-refractivity contribution in [2.75, 3.05) is 26.7 Å². The van der Waals surface area contributed by atoms with E-state index in [4.69, 9.17) is 9.73 Å². The fourth-order valence-electron chi connectivity index (χ4n) is 4.13. The van der Waals surface area contributed by atoms with Crippen LogP contribution in [0.25, 0.3) is 0 Å². The highest BCUT2D eigenvalue weighted by Crippen LogP contribution is 2.34. The molecule has 126 valence electrons. The number of hydrogen-bond acceptors (Lipinski definition) is 3. The Morgan fingerprint density at radius 1 is 1.23 bits per heavy atom. The predicted octanol–water partition coefficient (Wildman–Crippen LogP) is 1.74. The summed E-state index contributed by atoms with van der Waals surface area (Å²) in [6, 6.07) is 1.23. The van der Waals surface area contributed by atoms with Crippen molar-refractivity contribution >= 4 is 5.96 Å². The number of rotatable bonds is 6. The van der Waals surface area contributed by atoms with Crippen LogP contribution in [0.4, 0.5) is 0 Å². The van der Waals surface area contributed by atoms with Gasteiger partial charge in [0.2, 0.25) is 0 Å². The van der Waals surface area contributed by atoms with E-state index in [1.807, 2.05) is 0 Å². The molecule has 0 aromatic heterocycles. The van der Waals surface area contributed by atoms with E-state index in [0.29, 0.717) is 18.2 Å². The molecule has 3 rings (SSSR count). The van der Waals surface area contributed by atoms with Crippen molar-refractivity contribution in [3.8, 4) is 0 Å². The fraction of sp³-hybridized carbons (Fsp3) is 0.941. The lowest BCUT2D eigenvalue weighted by atomic mass is 9.96. The van der Waals surface area contributed by atoms with Crippen LogP contribution in [0.3, 0.4) is 0 Å². The van der Waals surface area contributed by atoms with Gasteiger partial charge in [-0.25, -0.2) is 0 Å². The van der Waals surface area contributed by atoms with E-state index in [1.165, 1.54) is 38.5 Å². The fourth-order valence-corrected chi connectivity index (χ4v) is 4.13. The van der Waals surface area contributed by atoms with E-state index in [9.17, 15) is 0 Å². The van der Waals surface area contributed by atoms with Gasteiger partial charge in [0.15, 0.2) is 5.96 Å². The zero-order chi connectivity index (χ0) is 15.4. The Kier molecular flexibility index (Phi) is 5.58. The first kappa shape index (κ1) is 16.1. The minimum atomic E-state index is 0.398. The lowest BCUT2D eigenvalue weighted by molar-refractivity contribution is 0.0992. The van der Waals surface area contributed by atoms with E-state index >= 15 is 0 Å². The Labute approximate surface area is 134 Å². The van der Waals surface area contributed by atoms with E-state index in [2.05, 4.69) is 29.5 Å². The molecule has 1 saturated carbocycles. The second kappa shape index (κ2) is 7.64. The molecule has 3 aliphatic rings. The number of hydrogen-bond donors (Lipinski definition) is 2. The first-order valence-corrected chi connectivity index (χ1v) is 9.17. The van der Waals surface area contributed by atoms with Crippen molar-refractivity contribution in [2.45, 2.75) is 76.2 Å². The highest BCUT2D eigenvalue weighted by Gasteiger charge is 2.41. The average molecular weight is 308 g/mol. The molecule has 2 heterocycles. The molecule has 2 N–H and O–H groups in total. The maximum atomic E-state index is 5.92. The highest BCUT2D eigenvalue weighted by molar-refractivity contribution is 5.80. The summed E-state index contributed by atoms with van der Waals surface area (Å²) in [7, 11) is 2.25. The molecule has 2 aliphatic heterocycles. The van der Waals surface area contributed by atoms with Crippen LogP contribution in [-0.4, -0.2) is 61.8 Å². The molecule has 2 bridgehead atoms. The number of aliphatic imine (C=N–C) groups is 1. The molecule has 3 unspecified atom stereocenters. The molecule has 0 aromatic carbocycles. The molecule has 22 heavy (non-hydrogen) atoms. The van der Waals surface area contributed by atoms with Crippen LogP contribution in [0.5, 0.6) is 0 Å². The molecule has 0 spiro atoms. The third-order valence-electron chi connectivity index (χ3n) is 5.44. The van der Waals surface area contributed by atoms with Gasteiger partial charge in [0.1, 0.15) is 0 Å². The highest BCUT2D eigenvalue weighted by atomic mass is 16.5. The van der Waals surface area contributed by atoms with Crippen molar-refractivity contribution in [3.05, 3.63) is 0 Å². The molecule has 5 nitrogen and oxygen atoms in total. The number of nitrogens with one attached hydrogen (secondary N) is 2. The van der Waals surface area contributed by atoms with Gasteiger partial charge < -0.3 is 20.3 Å². The maximum Gasteiger partial charge on any atom is 0.191 e. The Bertz CT molecular complexity index is 381.